The van der Waals surface area contributed by atoms with Crippen molar-refractivity contribution in [2.75, 3.05) is 19.7 Å². The highest BCUT2D eigenvalue weighted by Gasteiger charge is 2.36. The van der Waals surface area contributed by atoms with Gasteiger partial charge in [-0.2, -0.15) is 0 Å². The Morgan fingerprint density at radius 2 is 2.10 bits per heavy atom. The molecular formula is C15H23N3O2. The van der Waals surface area contributed by atoms with Crippen LogP contribution >= 0.6 is 0 Å². The number of carbonyl (C=O) groups excluding carboxylic acids is 1. The van der Waals surface area contributed by atoms with Crippen molar-refractivity contribution in [1.82, 2.24) is 14.8 Å². The smallest absolute Gasteiger partial charge is 0.317 e. The standard InChI is InChI=1S/C15H23N3O2/c19-15(16-7-11-17-8-1-2-9-17)18-10-3-5-13(18)14-6-4-12-20-14/h1-2,8-9,13-14H,3-7,10-12H2,(H,16,19)/t13-,14+/m1/s1. The Kier molecular flexibility index (Phi) is 4.25. The van der Waals surface area contributed by atoms with Crippen LogP contribution in [0.25, 0.3) is 0 Å². The summed E-state index contributed by atoms with van der Waals surface area (Å²) in [6, 6.07) is 4.34. The molecule has 1 N–H and O–H groups in total. The first-order valence-electron chi connectivity index (χ1n) is 7.61. The molecule has 0 aliphatic carbocycles. The van der Waals surface area contributed by atoms with Crippen molar-refractivity contribution in [2.45, 2.75) is 44.4 Å². The number of aromatic nitrogens is 1. The lowest BCUT2D eigenvalue weighted by molar-refractivity contribution is 0.0521. The molecule has 2 fully saturated rings. The number of hydrogen-bond donors (Lipinski definition) is 1. The predicted octanol–water partition coefficient (Wildman–Crippen LogP) is 1.84. The second kappa shape index (κ2) is 6.31. The lowest BCUT2D eigenvalue weighted by atomic mass is 10.1. The van der Waals surface area contributed by atoms with E-state index in [0.717, 1.165) is 45.4 Å². The number of amides is 2. The van der Waals surface area contributed by atoms with Crippen LogP contribution in [0.2, 0.25) is 0 Å². The van der Waals surface area contributed by atoms with Gasteiger partial charge in [-0.15, -0.1) is 0 Å². The van der Waals surface area contributed by atoms with E-state index in [9.17, 15) is 4.79 Å². The average Bonchev–Trinajstić information content (AvgIpc) is 3.19. The number of urea groups is 1. The third-order valence-electron chi connectivity index (χ3n) is 4.27. The molecule has 3 rings (SSSR count). The first-order valence-corrected chi connectivity index (χ1v) is 7.61. The molecule has 20 heavy (non-hydrogen) atoms. The highest BCUT2D eigenvalue weighted by molar-refractivity contribution is 5.74. The monoisotopic (exact) mass is 277 g/mol. The van der Waals surface area contributed by atoms with Gasteiger partial charge in [-0.05, 0) is 37.8 Å². The fourth-order valence-corrected chi connectivity index (χ4v) is 3.25. The Bertz CT molecular complexity index is 426. The van der Waals surface area contributed by atoms with E-state index in [1.165, 1.54) is 0 Å². The Balaban J connectivity index is 1.48. The van der Waals surface area contributed by atoms with Crippen LogP contribution in [0, 0.1) is 0 Å². The van der Waals surface area contributed by atoms with Gasteiger partial charge >= 0.3 is 6.03 Å². The number of likely N-dealkylation sites (tertiary alicyclic amines) is 1. The van der Waals surface area contributed by atoms with E-state index < -0.39 is 0 Å². The first-order chi connectivity index (χ1) is 9.84. The predicted molar refractivity (Wildman–Crippen MR) is 76.5 cm³/mol. The molecule has 0 radical (unpaired) electrons. The van der Waals surface area contributed by atoms with Crippen molar-refractivity contribution >= 4 is 6.03 Å². The van der Waals surface area contributed by atoms with E-state index in [4.69, 9.17) is 4.74 Å². The summed E-state index contributed by atoms with van der Waals surface area (Å²) in [7, 11) is 0. The van der Waals surface area contributed by atoms with Crippen molar-refractivity contribution in [2.24, 2.45) is 0 Å². The van der Waals surface area contributed by atoms with Crippen molar-refractivity contribution in [1.29, 1.82) is 0 Å². The van der Waals surface area contributed by atoms with Crippen molar-refractivity contribution in [3.05, 3.63) is 24.5 Å². The molecule has 2 saturated heterocycles. The van der Waals surface area contributed by atoms with Gasteiger partial charge in [0.25, 0.3) is 0 Å². The molecule has 5 nitrogen and oxygen atoms in total. The zero-order valence-electron chi connectivity index (χ0n) is 11.8. The lowest BCUT2D eigenvalue weighted by Crippen LogP contribution is -2.47. The number of rotatable bonds is 4. The van der Waals surface area contributed by atoms with Gasteiger partial charge in [-0.3, -0.25) is 0 Å². The van der Waals surface area contributed by atoms with Crippen LogP contribution in [0.3, 0.4) is 0 Å². The summed E-state index contributed by atoms with van der Waals surface area (Å²) in [5, 5.41) is 3.03. The van der Waals surface area contributed by atoms with Gasteiger partial charge < -0.3 is 19.5 Å². The van der Waals surface area contributed by atoms with Crippen LogP contribution in [0.4, 0.5) is 4.79 Å². The maximum absolute atomic E-state index is 12.3. The fraction of sp³-hybridized carbons (Fsp3) is 0.667. The van der Waals surface area contributed by atoms with E-state index in [0.29, 0.717) is 6.54 Å². The van der Waals surface area contributed by atoms with E-state index in [1.54, 1.807) is 0 Å². The number of nitrogens with one attached hydrogen (secondary N) is 1. The van der Waals surface area contributed by atoms with Gasteiger partial charge in [0.15, 0.2) is 0 Å². The molecular weight excluding hydrogens is 254 g/mol. The van der Waals surface area contributed by atoms with E-state index in [-0.39, 0.29) is 18.2 Å². The minimum atomic E-state index is 0.0650. The molecule has 2 amide bonds. The molecule has 0 saturated carbocycles. The summed E-state index contributed by atoms with van der Waals surface area (Å²) in [6.45, 7) is 3.20. The highest BCUT2D eigenvalue weighted by Crippen LogP contribution is 2.27. The summed E-state index contributed by atoms with van der Waals surface area (Å²) in [6.07, 6.45) is 8.68. The van der Waals surface area contributed by atoms with Gasteiger partial charge in [0.2, 0.25) is 0 Å². The van der Waals surface area contributed by atoms with Gasteiger partial charge in [-0.25, -0.2) is 4.79 Å². The minimum absolute atomic E-state index is 0.0650. The summed E-state index contributed by atoms with van der Waals surface area (Å²) < 4.78 is 7.83. The third kappa shape index (κ3) is 2.98. The molecule has 0 aromatic carbocycles. The maximum atomic E-state index is 12.3. The zero-order valence-corrected chi connectivity index (χ0v) is 11.8. The number of ether oxygens (including phenoxy) is 1. The number of hydrogen-bond acceptors (Lipinski definition) is 2. The lowest BCUT2D eigenvalue weighted by Gasteiger charge is -2.29. The van der Waals surface area contributed by atoms with Gasteiger partial charge in [0.1, 0.15) is 0 Å². The summed E-state index contributed by atoms with van der Waals surface area (Å²) in [4.78, 5) is 14.3. The van der Waals surface area contributed by atoms with Gasteiger partial charge in [0, 0.05) is 38.6 Å². The van der Waals surface area contributed by atoms with Gasteiger partial charge in [0.05, 0.1) is 12.1 Å². The first kappa shape index (κ1) is 13.5. The third-order valence-corrected chi connectivity index (χ3v) is 4.27. The summed E-state index contributed by atoms with van der Waals surface area (Å²) in [5.74, 6) is 0. The minimum Gasteiger partial charge on any atom is -0.376 e. The molecule has 2 aliphatic rings. The second-order valence-corrected chi connectivity index (χ2v) is 5.61. The topological polar surface area (TPSA) is 46.5 Å². The zero-order chi connectivity index (χ0) is 13.8. The van der Waals surface area contributed by atoms with Crippen molar-refractivity contribution in [3.8, 4) is 0 Å². The van der Waals surface area contributed by atoms with Crippen LogP contribution in [-0.4, -0.2) is 47.3 Å². The van der Waals surface area contributed by atoms with Crippen LogP contribution in [0.5, 0.6) is 0 Å². The molecule has 0 unspecified atom stereocenters. The average molecular weight is 277 g/mol. The van der Waals surface area contributed by atoms with Crippen LogP contribution < -0.4 is 5.32 Å². The normalized spacial score (nSPS) is 26.1. The summed E-state index contributed by atoms with van der Waals surface area (Å²) in [5.41, 5.74) is 0. The van der Waals surface area contributed by atoms with E-state index in [1.807, 2.05) is 29.4 Å². The molecule has 1 aromatic rings. The highest BCUT2D eigenvalue weighted by atomic mass is 16.5. The Hall–Kier alpha value is -1.49. The maximum Gasteiger partial charge on any atom is 0.317 e. The Morgan fingerprint density at radius 3 is 2.85 bits per heavy atom. The molecule has 0 bridgehead atoms. The quantitative estimate of drug-likeness (QED) is 0.913. The second-order valence-electron chi connectivity index (χ2n) is 5.61. The fourth-order valence-electron chi connectivity index (χ4n) is 3.25. The molecule has 5 heteroatoms. The van der Waals surface area contributed by atoms with Crippen molar-refractivity contribution in [3.63, 3.8) is 0 Å². The molecule has 110 valence electrons. The number of carbonyl (C=O) groups is 1. The van der Waals surface area contributed by atoms with Gasteiger partial charge in [-0.1, -0.05) is 0 Å². The van der Waals surface area contributed by atoms with E-state index >= 15 is 0 Å². The SMILES string of the molecule is O=C(NCCn1cccc1)N1CCC[C@@H]1[C@@H]1CCCO1. The largest absolute Gasteiger partial charge is 0.376 e. The van der Waals surface area contributed by atoms with Crippen LogP contribution in [-0.2, 0) is 11.3 Å². The Morgan fingerprint density at radius 1 is 1.25 bits per heavy atom. The summed E-state index contributed by atoms with van der Waals surface area (Å²) >= 11 is 0. The molecule has 2 atom stereocenters. The van der Waals surface area contributed by atoms with Crippen molar-refractivity contribution < 1.29 is 9.53 Å². The molecule has 1 aromatic heterocycles. The van der Waals surface area contributed by atoms with Crippen LogP contribution in [0.15, 0.2) is 24.5 Å². The number of nitrogens with zero attached hydrogens (tertiary/aromatic N) is 2. The van der Waals surface area contributed by atoms with E-state index in [2.05, 4.69) is 9.88 Å². The molecule has 3 heterocycles. The Labute approximate surface area is 119 Å². The van der Waals surface area contributed by atoms with Crippen LogP contribution in [0.1, 0.15) is 25.7 Å². The molecule has 0 spiro atoms. The molecule has 2 aliphatic heterocycles.